The maximum atomic E-state index is 8.46. The highest BCUT2D eigenvalue weighted by molar-refractivity contribution is 6.05. The minimum absolute atomic E-state index is 0.101. The Morgan fingerprint density at radius 2 is 1.02 bits per heavy atom. The van der Waals surface area contributed by atoms with E-state index in [1.165, 1.54) is 27.8 Å². The first-order valence-corrected chi connectivity index (χ1v) is 16.5. The van der Waals surface area contributed by atoms with Crippen molar-refractivity contribution in [2.75, 3.05) is 0 Å². The fourth-order valence-electron chi connectivity index (χ4n) is 7.30. The fourth-order valence-corrected chi connectivity index (χ4v) is 7.30. The van der Waals surface area contributed by atoms with Crippen LogP contribution in [0.1, 0.15) is 31.8 Å². The van der Waals surface area contributed by atoms with Gasteiger partial charge in [0.05, 0.1) is 18.2 Å². The van der Waals surface area contributed by atoms with Crippen LogP contribution in [-0.4, -0.2) is 9.97 Å². The molecule has 0 radical (unpaired) electrons. The standard InChI is InChI=1S/C47H34N2/c1-47(2)42-20-12-11-19-39(42)40-26-25-35(29-43(40)47)36-27-28-41(38-18-10-9-17-37(36)38)45-30-44(48-46(49-45)34-15-7-4-8-16-34)33-23-21-32(22-24-33)31-13-5-3-6-14-31/h3-30H,1-2H3/i3D,5D,6D,13D,14D. The average molecular weight is 632 g/mol. The van der Waals surface area contributed by atoms with Gasteiger partial charge in [-0.3, -0.25) is 0 Å². The summed E-state index contributed by atoms with van der Waals surface area (Å²) < 4.78 is 41.2. The molecule has 0 bridgehead atoms. The summed E-state index contributed by atoms with van der Waals surface area (Å²) in [6, 6.07) is 46.1. The van der Waals surface area contributed by atoms with Gasteiger partial charge in [0.1, 0.15) is 0 Å². The van der Waals surface area contributed by atoms with Crippen LogP contribution in [0.5, 0.6) is 0 Å². The van der Waals surface area contributed by atoms with Crippen molar-refractivity contribution in [3.05, 3.63) is 181 Å². The van der Waals surface area contributed by atoms with Crippen LogP contribution in [0.3, 0.4) is 0 Å². The second-order valence-electron chi connectivity index (χ2n) is 13.0. The van der Waals surface area contributed by atoms with Crippen LogP contribution in [0.2, 0.25) is 0 Å². The minimum Gasteiger partial charge on any atom is -0.228 e. The zero-order chi connectivity index (χ0) is 37.3. The highest BCUT2D eigenvalue weighted by Gasteiger charge is 2.35. The van der Waals surface area contributed by atoms with E-state index >= 15 is 0 Å². The van der Waals surface area contributed by atoms with E-state index in [1.807, 2.05) is 48.5 Å². The Kier molecular flexibility index (Phi) is 5.67. The maximum absolute atomic E-state index is 8.46. The Morgan fingerprint density at radius 1 is 0.429 bits per heavy atom. The smallest absolute Gasteiger partial charge is 0.160 e. The molecule has 8 aromatic rings. The zero-order valence-corrected chi connectivity index (χ0v) is 27.2. The van der Waals surface area contributed by atoms with E-state index in [0.717, 1.165) is 38.7 Å². The molecular weight excluding hydrogens is 593 g/mol. The molecule has 0 aliphatic heterocycles. The molecule has 1 heterocycles. The van der Waals surface area contributed by atoms with Crippen LogP contribution in [0.4, 0.5) is 0 Å². The van der Waals surface area contributed by atoms with Gasteiger partial charge in [-0.2, -0.15) is 0 Å². The molecule has 232 valence electrons. The molecule has 49 heavy (non-hydrogen) atoms. The first-order chi connectivity index (χ1) is 26.1. The SMILES string of the molecule is [2H]c1c([2H])c([2H])c(-c2ccc(-c3cc(-c4ccc(-c5ccc6c(c5)C(C)(C)c5ccccc5-6)c5ccccc45)nc(-c4ccccc4)n3)cc2)c([2H])c1[2H]. The van der Waals surface area contributed by atoms with Crippen LogP contribution in [-0.2, 0) is 5.41 Å². The summed E-state index contributed by atoms with van der Waals surface area (Å²) in [4.78, 5) is 10.2. The van der Waals surface area contributed by atoms with E-state index in [2.05, 4.69) is 92.7 Å². The second kappa shape index (κ2) is 11.5. The van der Waals surface area contributed by atoms with Crippen molar-refractivity contribution in [1.82, 2.24) is 9.97 Å². The minimum atomic E-state index is -0.407. The summed E-state index contributed by atoms with van der Waals surface area (Å²) in [5, 5.41) is 2.21. The van der Waals surface area contributed by atoms with Crippen molar-refractivity contribution in [2.45, 2.75) is 19.3 Å². The Balaban J connectivity index is 1.17. The molecule has 0 saturated heterocycles. The second-order valence-corrected chi connectivity index (χ2v) is 13.0. The number of nitrogens with zero attached hydrogens (tertiary/aromatic N) is 2. The molecule has 0 fully saturated rings. The van der Waals surface area contributed by atoms with Gasteiger partial charge in [-0.1, -0.05) is 171 Å². The van der Waals surface area contributed by atoms with Crippen molar-refractivity contribution in [1.29, 1.82) is 0 Å². The van der Waals surface area contributed by atoms with E-state index in [1.54, 1.807) is 12.1 Å². The van der Waals surface area contributed by atoms with Crippen LogP contribution < -0.4 is 0 Å². The molecule has 2 nitrogen and oxygen atoms in total. The molecule has 0 spiro atoms. The lowest BCUT2D eigenvalue weighted by molar-refractivity contribution is 0.660. The normalized spacial score (nSPS) is 14.3. The molecule has 0 N–H and O–H groups in total. The number of rotatable bonds is 5. The van der Waals surface area contributed by atoms with Crippen LogP contribution in [0, 0.1) is 0 Å². The molecule has 9 rings (SSSR count). The average Bonchev–Trinajstić information content (AvgIpc) is 3.44. The Bertz CT molecular complexity index is 2760. The van der Waals surface area contributed by atoms with Crippen molar-refractivity contribution in [3.8, 4) is 67.3 Å². The van der Waals surface area contributed by atoms with Gasteiger partial charge in [0.25, 0.3) is 0 Å². The van der Waals surface area contributed by atoms with Crippen LogP contribution in [0.15, 0.2) is 170 Å². The highest BCUT2D eigenvalue weighted by atomic mass is 14.9. The molecule has 0 amide bonds. The van der Waals surface area contributed by atoms with Gasteiger partial charge in [0, 0.05) is 22.1 Å². The first kappa shape index (κ1) is 24.1. The van der Waals surface area contributed by atoms with Crippen LogP contribution in [0.25, 0.3) is 78.1 Å². The monoisotopic (exact) mass is 631 g/mol. The van der Waals surface area contributed by atoms with Crippen LogP contribution >= 0.6 is 0 Å². The summed E-state index contributed by atoms with van der Waals surface area (Å²) in [7, 11) is 0. The lowest BCUT2D eigenvalue weighted by atomic mass is 9.81. The van der Waals surface area contributed by atoms with Gasteiger partial charge in [-0.25, -0.2) is 9.97 Å². The molecule has 0 atom stereocenters. The topological polar surface area (TPSA) is 25.8 Å². The van der Waals surface area contributed by atoms with Gasteiger partial charge in [0.2, 0.25) is 0 Å². The summed E-state index contributed by atoms with van der Waals surface area (Å²) in [6.45, 7) is 4.62. The molecule has 0 saturated carbocycles. The number of aromatic nitrogens is 2. The van der Waals surface area contributed by atoms with Gasteiger partial charge in [0.15, 0.2) is 5.82 Å². The Morgan fingerprint density at radius 3 is 1.82 bits per heavy atom. The van der Waals surface area contributed by atoms with Crippen molar-refractivity contribution in [2.24, 2.45) is 0 Å². The predicted molar refractivity (Wildman–Crippen MR) is 204 cm³/mol. The van der Waals surface area contributed by atoms with Gasteiger partial charge in [-0.05, 0) is 67.4 Å². The molecule has 1 aliphatic rings. The van der Waals surface area contributed by atoms with E-state index < -0.39 is 6.04 Å². The number of benzene rings is 7. The fraction of sp³-hybridized carbons (Fsp3) is 0.0638. The summed E-state index contributed by atoms with van der Waals surface area (Å²) in [6.07, 6.45) is 0. The lowest BCUT2D eigenvalue weighted by Gasteiger charge is -2.22. The first-order valence-electron chi connectivity index (χ1n) is 19.0. The quantitative estimate of drug-likeness (QED) is 0.189. The Labute approximate surface area is 294 Å². The number of fused-ring (bicyclic) bond motifs is 4. The molecular formula is C47H34N2. The lowest BCUT2D eigenvalue weighted by Crippen LogP contribution is -2.14. The number of hydrogen-bond donors (Lipinski definition) is 0. The van der Waals surface area contributed by atoms with E-state index in [9.17, 15) is 0 Å². The van der Waals surface area contributed by atoms with E-state index in [0.29, 0.717) is 17.1 Å². The van der Waals surface area contributed by atoms with Crippen molar-refractivity contribution in [3.63, 3.8) is 0 Å². The van der Waals surface area contributed by atoms with Crippen molar-refractivity contribution >= 4 is 10.8 Å². The molecule has 1 aromatic heterocycles. The third-order valence-electron chi connectivity index (χ3n) is 9.82. The zero-order valence-electron chi connectivity index (χ0n) is 32.2. The largest absolute Gasteiger partial charge is 0.228 e. The third-order valence-corrected chi connectivity index (χ3v) is 9.82. The molecule has 0 unspecified atom stereocenters. The van der Waals surface area contributed by atoms with Crippen molar-refractivity contribution < 1.29 is 6.85 Å². The maximum Gasteiger partial charge on any atom is 0.160 e. The summed E-state index contributed by atoms with van der Waals surface area (Å²) in [5.74, 6) is 0.589. The van der Waals surface area contributed by atoms with E-state index in [-0.39, 0.29) is 35.1 Å². The van der Waals surface area contributed by atoms with Gasteiger partial charge in [-0.15, -0.1) is 0 Å². The summed E-state index contributed by atoms with van der Waals surface area (Å²) >= 11 is 0. The molecule has 7 aromatic carbocycles. The van der Waals surface area contributed by atoms with Gasteiger partial charge < -0.3 is 0 Å². The Hall–Kier alpha value is -6.12. The predicted octanol–water partition coefficient (Wildman–Crippen LogP) is 12.3. The third kappa shape index (κ3) is 4.96. The van der Waals surface area contributed by atoms with E-state index in [4.69, 9.17) is 16.8 Å². The van der Waals surface area contributed by atoms with Gasteiger partial charge >= 0.3 is 0 Å². The molecule has 1 aliphatic carbocycles. The number of hydrogen-bond acceptors (Lipinski definition) is 2. The molecule has 2 heteroatoms. The highest BCUT2D eigenvalue weighted by Crippen LogP contribution is 2.50. The summed E-state index contributed by atoms with van der Waals surface area (Å²) in [5.41, 5.74) is 12.4.